The molecule has 0 amide bonds. The highest BCUT2D eigenvalue weighted by molar-refractivity contribution is 8.00. The Labute approximate surface area is 99.2 Å². The Bertz CT molecular complexity index is 522. The van der Waals surface area contributed by atoms with Crippen LogP contribution in [0.5, 0.6) is 0 Å². The van der Waals surface area contributed by atoms with Crippen LogP contribution in [0.1, 0.15) is 0 Å². The Hall–Kier alpha value is -1.63. The molecule has 2 aromatic rings. The summed E-state index contributed by atoms with van der Waals surface area (Å²) in [6.07, 6.45) is 1.48. The molecule has 0 aliphatic heterocycles. The topological polar surface area (TPSA) is 54.7 Å². The number of aromatic nitrogens is 2. The van der Waals surface area contributed by atoms with Crippen molar-refractivity contribution in [2.75, 3.05) is 5.73 Å². The minimum atomic E-state index is -4.29. The maximum atomic E-state index is 12.2. The lowest BCUT2D eigenvalue weighted by atomic mass is 10.2. The quantitative estimate of drug-likeness (QED) is 0.814. The molecule has 1 aromatic carbocycles. The molecule has 0 spiro atoms. The third kappa shape index (κ3) is 3.16. The summed E-state index contributed by atoms with van der Waals surface area (Å²) in [5.74, 6) is 0.230. The number of alkyl halides is 3. The first kappa shape index (κ1) is 11.8. The number of hydrogen-bond donors (Lipinski definition) is 2. The minimum Gasteiger partial charge on any atom is -0.369 e. The van der Waals surface area contributed by atoms with Gasteiger partial charge in [-0.05, 0) is 23.9 Å². The lowest BCUT2D eigenvalue weighted by Crippen LogP contribution is -1.98. The van der Waals surface area contributed by atoms with E-state index < -0.39 is 5.51 Å². The number of benzene rings is 1. The Kier molecular flexibility index (Phi) is 3.01. The Morgan fingerprint density at radius 1 is 1.29 bits per heavy atom. The molecule has 2 rings (SSSR count). The molecule has 3 N–H and O–H groups in total. The normalized spacial score (nSPS) is 11.7. The summed E-state index contributed by atoms with van der Waals surface area (Å²) < 4.78 is 36.6. The van der Waals surface area contributed by atoms with Gasteiger partial charge in [-0.3, -0.25) is 0 Å². The third-order valence-corrected chi connectivity index (χ3v) is 2.70. The predicted octanol–water partition coefficient (Wildman–Crippen LogP) is 3.27. The summed E-state index contributed by atoms with van der Waals surface area (Å²) in [6, 6.07) is 6.08. The van der Waals surface area contributed by atoms with Crippen LogP contribution < -0.4 is 5.73 Å². The van der Waals surface area contributed by atoms with Crippen molar-refractivity contribution in [3.8, 4) is 11.3 Å². The number of nitrogens with one attached hydrogen (secondary N) is 1. The molecule has 0 fully saturated rings. The van der Waals surface area contributed by atoms with Gasteiger partial charge in [-0.15, -0.1) is 0 Å². The van der Waals surface area contributed by atoms with Gasteiger partial charge >= 0.3 is 5.51 Å². The number of imidazole rings is 1. The van der Waals surface area contributed by atoms with Crippen LogP contribution in [-0.2, 0) is 0 Å². The molecule has 0 unspecified atom stereocenters. The molecular formula is C10H8F3N3S. The highest BCUT2D eigenvalue weighted by Crippen LogP contribution is 2.37. The van der Waals surface area contributed by atoms with Crippen LogP contribution in [0.2, 0.25) is 0 Å². The van der Waals surface area contributed by atoms with Crippen LogP contribution in [0.25, 0.3) is 11.3 Å². The molecule has 0 aliphatic rings. The van der Waals surface area contributed by atoms with E-state index >= 15 is 0 Å². The number of hydrogen-bond acceptors (Lipinski definition) is 3. The van der Waals surface area contributed by atoms with Gasteiger partial charge in [0, 0.05) is 10.5 Å². The van der Waals surface area contributed by atoms with E-state index in [9.17, 15) is 13.2 Å². The lowest BCUT2D eigenvalue weighted by molar-refractivity contribution is -0.0328. The second-order valence-electron chi connectivity index (χ2n) is 3.26. The number of nitrogens with zero attached hydrogens (tertiary/aromatic N) is 1. The molecule has 7 heteroatoms. The second-order valence-corrected chi connectivity index (χ2v) is 4.40. The van der Waals surface area contributed by atoms with Gasteiger partial charge in [-0.25, -0.2) is 4.98 Å². The molecule has 17 heavy (non-hydrogen) atoms. The second kappa shape index (κ2) is 4.33. The maximum absolute atomic E-state index is 12.2. The van der Waals surface area contributed by atoms with E-state index in [2.05, 4.69) is 9.97 Å². The average Bonchev–Trinajstić information content (AvgIpc) is 2.63. The molecular weight excluding hydrogens is 251 g/mol. The van der Waals surface area contributed by atoms with Gasteiger partial charge in [0.1, 0.15) is 0 Å². The Morgan fingerprint density at radius 3 is 2.65 bits per heavy atom. The van der Waals surface area contributed by atoms with Crippen molar-refractivity contribution in [1.82, 2.24) is 9.97 Å². The highest BCUT2D eigenvalue weighted by Gasteiger charge is 2.29. The molecule has 3 nitrogen and oxygen atoms in total. The van der Waals surface area contributed by atoms with Gasteiger partial charge in [0.25, 0.3) is 0 Å². The van der Waals surface area contributed by atoms with E-state index in [1.165, 1.54) is 18.3 Å². The van der Waals surface area contributed by atoms with E-state index in [0.29, 0.717) is 11.3 Å². The summed E-state index contributed by atoms with van der Waals surface area (Å²) in [5, 5.41) is 0. The number of halogens is 3. The minimum absolute atomic E-state index is 0.128. The van der Waals surface area contributed by atoms with Crippen molar-refractivity contribution in [1.29, 1.82) is 0 Å². The zero-order chi connectivity index (χ0) is 12.5. The summed E-state index contributed by atoms with van der Waals surface area (Å²) >= 11 is -0.149. The van der Waals surface area contributed by atoms with Gasteiger partial charge in [0.05, 0.1) is 11.9 Å². The fraction of sp³-hybridized carbons (Fsp3) is 0.100. The predicted molar refractivity (Wildman–Crippen MR) is 60.3 cm³/mol. The average molecular weight is 259 g/mol. The zero-order valence-electron chi connectivity index (χ0n) is 8.45. The van der Waals surface area contributed by atoms with Gasteiger partial charge in [-0.2, -0.15) is 13.2 Å². The number of rotatable bonds is 2. The SMILES string of the molecule is Nc1ncc(-c2cccc(SC(F)(F)F)c2)[nH]1. The fourth-order valence-corrected chi connectivity index (χ4v) is 1.94. The number of nitrogen functional groups attached to an aromatic ring is 1. The highest BCUT2D eigenvalue weighted by atomic mass is 32.2. The van der Waals surface area contributed by atoms with Crippen LogP contribution in [0, 0.1) is 0 Å². The van der Waals surface area contributed by atoms with Crippen molar-refractivity contribution >= 4 is 17.7 Å². The fourth-order valence-electron chi connectivity index (χ4n) is 1.34. The lowest BCUT2D eigenvalue weighted by Gasteiger charge is -2.06. The third-order valence-electron chi connectivity index (χ3n) is 1.97. The Morgan fingerprint density at radius 2 is 2.06 bits per heavy atom. The van der Waals surface area contributed by atoms with Crippen LogP contribution in [-0.4, -0.2) is 15.5 Å². The molecule has 1 aromatic heterocycles. The molecule has 0 radical (unpaired) electrons. The smallest absolute Gasteiger partial charge is 0.369 e. The van der Waals surface area contributed by atoms with Gasteiger partial charge in [-0.1, -0.05) is 12.1 Å². The first-order valence-corrected chi connectivity index (χ1v) is 5.42. The maximum Gasteiger partial charge on any atom is 0.446 e. The number of H-pyrrole nitrogens is 1. The van der Waals surface area contributed by atoms with Crippen LogP contribution in [0.3, 0.4) is 0 Å². The number of anilines is 1. The largest absolute Gasteiger partial charge is 0.446 e. The summed E-state index contributed by atoms with van der Waals surface area (Å²) in [4.78, 5) is 6.68. The first-order valence-electron chi connectivity index (χ1n) is 4.61. The van der Waals surface area contributed by atoms with Crippen molar-refractivity contribution in [2.24, 2.45) is 0 Å². The number of aromatic amines is 1. The van der Waals surface area contributed by atoms with Gasteiger partial charge in [0.15, 0.2) is 5.95 Å². The van der Waals surface area contributed by atoms with E-state index in [4.69, 9.17) is 5.73 Å². The van der Waals surface area contributed by atoms with Gasteiger partial charge < -0.3 is 10.7 Å². The van der Waals surface area contributed by atoms with Crippen molar-refractivity contribution in [2.45, 2.75) is 10.4 Å². The van der Waals surface area contributed by atoms with Crippen LogP contribution in [0.15, 0.2) is 35.4 Å². The van der Waals surface area contributed by atoms with Crippen molar-refractivity contribution < 1.29 is 13.2 Å². The number of thioether (sulfide) groups is 1. The summed E-state index contributed by atoms with van der Waals surface area (Å²) in [6.45, 7) is 0. The van der Waals surface area contributed by atoms with E-state index in [-0.39, 0.29) is 22.6 Å². The molecule has 0 aliphatic carbocycles. The van der Waals surface area contributed by atoms with Gasteiger partial charge in [0.2, 0.25) is 0 Å². The van der Waals surface area contributed by atoms with Crippen LogP contribution in [0.4, 0.5) is 19.1 Å². The summed E-state index contributed by atoms with van der Waals surface area (Å²) in [7, 11) is 0. The standard InChI is InChI=1S/C10H8F3N3S/c11-10(12,13)17-7-3-1-2-6(4-7)8-5-15-9(14)16-8/h1-5H,(H3,14,15,16). The molecule has 1 heterocycles. The zero-order valence-corrected chi connectivity index (χ0v) is 9.27. The summed E-state index contributed by atoms with van der Waals surface area (Å²) in [5.41, 5.74) is 2.32. The number of nitrogens with two attached hydrogens (primary N) is 1. The van der Waals surface area contributed by atoms with E-state index in [1.54, 1.807) is 12.1 Å². The Balaban J connectivity index is 2.29. The first-order chi connectivity index (χ1) is 7.94. The van der Waals surface area contributed by atoms with E-state index in [1.807, 2.05) is 0 Å². The molecule has 0 atom stereocenters. The molecule has 0 saturated carbocycles. The monoisotopic (exact) mass is 259 g/mol. The molecule has 0 saturated heterocycles. The van der Waals surface area contributed by atoms with Crippen molar-refractivity contribution in [3.63, 3.8) is 0 Å². The van der Waals surface area contributed by atoms with E-state index in [0.717, 1.165) is 0 Å². The van der Waals surface area contributed by atoms with Crippen molar-refractivity contribution in [3.05, 3.63) is 30.5 Å². The molecule has 90 valence electrons. The van der Waals surface area contributed by atoms with Crippen LogP contribution >= 0.6 is 11.8 Å². The molecule has 0 bridgehead atoms.